The van der Waals surface area contributed by atoms with Gasteiger partial charge in [0, 0.05) is 32.4 Å². The molecule has 0 spiro atoms. The molecule has 0 aliphatic carbocycles. The summed E-state index contributed by atoms with van der Waals surface area (Å²) in [4.78, 5) is 9.45. The predicted molar refractivity (Wildman–Crippen MR) is 79.4 cm³/mol. The first-order valence-corrected chi connectivity index (χ1v) is 7.11. The number of aryl methyl sites for hydroxylation is 2. The minimum Gasteiger partial charge on any atom is -0.354 e. The maximum absolute atomic E-state index is 4.56. The molecule has 0 saturated carbocycles. The summed E-state index contributed by atoms with van der Waals surface area (Å²) in [5.74, 6) is 1.17. The van der Waals surface area contributed by atoms with Crippen LogP contribution in [-0.4, -0.2) is 42.6 Å². The highest BCUT2D eigenvalue weighted by atomic mass is 15.3. The summed E-state index contributed by atoms with van der Waals surface area (Å²) in [6.07, 6.45) is 1.97. The molecule has 0 radical (unpaired) electrons. The van der Waals surface area contributed by atoms with Gasteiger partial charge in [0.1, 0.15) is 5.82 Å². The van der Waals surface area contributed by atoms with Crippen molar-refractivity contribution in [2.75, 3.05) is 37.6 Å². The van der Waals surface area contributed by atoms with E-state index >= 15 is 0 Å². The number of piperazine rings is 1. The van der Waals surface area contributed by atoms with E-state index < -0.39 is 0 Å². The van der Waals surface area contributed by atoms with Crippen molar-refractivity contribution >= 4 is 5.82 Å². The Balaban J connectivity index is 0.000000771. The number of hydrogen-bond donors (Lipinski definition) is 0. The van der Waals surface area contributed by atoms with Crippen LogP contribution < -0.4 is 4.90 Å². The molecule has 1 aliphatic heterocycles. The third kappa shape index (κ3) is 3.70. The highest BCUT2D eigenvalue weighted by Gasteiger charge is 2.17. The van der Waals surface area contributed by atoms with Gasteiger partial charge in [-0.3, -0.25) is 0 Å². The zero-order valence-electron chi connectivity index (χ0n) is 12.5. The third-order valence-electron chi connectivity index (χ3n) is 3.31. The smallest absolute Gasteiger partial charge is 0.131 e. The van der Waals surface area contributed by atoms with Crippen LogP contribution in [0.1, 0.15) is 31.9 Å². The van der Waals surface area contributed by atoms with Crippen molar-refractivity contribution in [3.8, 4) is 0 Å². The Hall–Kier alpha value is -1.09. The van der Waals surface area contributed by atoms with Gasteiger partial charge in [-0.15, -0.1) is 0 Å². The number of hydrogen-bond acceptors (Lipinski definition) is 3. The van der Waals surface area contributed by atoms with Crippen molar-refractivity contribution < 1.29 is 0 Å². The maximum Gasteiger partial charge on any atom is 0.131 e. The van der Waals surface area contributed by atoms with E-state index in [2.05, 4.69) is 41.6 Å². The van der Waals surface area contributed by atoms with Gasteiger partial charge in [-0.25, -0.2) is 4.98 Å². The second-order valence-corrected chi connectivity index (χ2v) is 4.57. The van der Waals surface area contributed by atoms with E-state index in [1.54, 1.807) is 0 Å². The first-order valence-electron chi connectivity index (χ1n) is 7.11. The molecule has 1 fully saturated rings. The zero-order valence-corrected chi connectivity index (χ0v) is 12.5. The summed E-state index contributed by atoms with van der Waals surface area (Å²) in [6.45, 7) is 16.2. The van der Waals surface area contributed by atoms with Gasteiger partial charge in [0.25, 0.3) is 0 Å². The fourth-order valence-corrected chi connectivity index (χ4v) is 2.32. The highest BCUT2D eigenvalue weighted by Crippen LogP contribution is 2.19. The monoisotopic (exact) mass is 249 g/mol. The van der Waals surface area contributed by atoms with E-state index in [0.717, 1.165) is 32.7 Å². The van der Waals surface area contributed by atoms with E-state index in [0.29, 0.717) is 0 Å². The molecule has 0 unspecified atom stereocenters. The van der Waals surface area contributed by atoms with Crippen molar-refractivity contribution in [1.82, 2.24) is 9.88 Å². The van der Waals surface area contributed by atoms with Crippen LogP contribution in [0.4, 0.5) is 5.82 Å². The lowest BCUT2D eigenvalue weighted by Gasteiger charge is -2.35. The number of anilines is 1. The molecule has 3 heteroatoms. The Kier molecular flexibility index (Phi) is 6.13. The largest absolute Gasteiger partial charge is 0.354 e. The predicted octanol–water partition coefficient (Wildman–Crippen LogP) is 2.87. The fourth-order valence-electron chi connectivity index (χ4n) is 2.32. The summed E-state index contributed by atoms with van der Waals surface area (Å²) in [6, 6.07) is 2.22. The van der Waals surface area contributed by atoms with E-state index in [1.165, 1.54) is 16.9 Å². The summed E-state index contributed by atoms with van der Waals surface area (Å²) in [5.41, 5.74) is 2.54. The number of likely N-dealkylation sites (N-methyl/N-ethyl adjacent to an activating group) is 1. The minimum absolute atomic E-state index is 1.10. The summed E-state index contributed by atoms with van der Waals surface area (Å²) < 4.78 is 0. The van der Waals surface area contributed by atoms with Gasteiger partial charge in [0.05, 0.1) is 0 Å². The molecule has 0 bridgehead atoms. The molecule has 1 aromatic rings. The van der Waals surface area contributed by atoms with Gasteiger partial charge >= 0.3 is 0 Å². The molecule has 1 saturated heterocycles. The van der Waals surface area contributed by atoms with Gasteiger partial charge in [-0.2, -0.15) is 0 Å². The van der Waals surface area contributed by atoms with Crippen LogP contribution in [0.5, 0.6) is 0 Å². The van der Waals surface area contributed by atoms with Gasteiger partial charge in [0.15, 0.2) is 0 Å². The average Bonchev–Trinajstić information content (AvgIpc) is 2.41. The fraction of sp³-hybridized carbons (Fsp3) is 0.667. The topological polar surface area (TPSA) is 19.4 Å². The standard InChI is InChI=1S/C13H21N3.C2H6/c1-4-15-5-7-16(8-6-15)13-12(3)9-11(2)10-14-13;1-2/h9-10H,4-8H2,1-3H3;1-2H3. The molecule has 0 N–H and O–H groups in total. The normalized spacial score (nSPS) is 16.2. The molecule has 18 heavy (non-hydrogen) atoms. The van der Waals surface area contributed by atoms with E-state index in [-0.39, 0.29) is 0 Å². The van der Waals surface area contributed by atoms with E-state index in [9.17, 15) is 0 Å². The molecule has 0 amide bonds. The van der Waals surface area contributed by atoms with Crippen LogP contribution in [0.15, 0.2) is 12.3 Å². The number of nitrogens with zero attached hydrogens (tertiary/aromatic N) is 3. The van der Waals surface area contributed by atoms with Gasteiger partial charge < -0.3 is 9.80 Å². The third-order valence-corrected chi connectivity index (χ3v) is 3.31. The molecular weight excluding hydrogens is 222 g/mol. The van der Waals surface area contributed by atoms with Crippen LogP contribution >= 0.6 is 0 Å². The van der Waals surface area contributed by atoms with E-state index in [4.69, 9.17) is 0 Å². The molecule has 1 aromatic heterocycles. The van der Waals surface area contributed by atoms with Crippen LogP contribution in [0.25, 0.3) is 0 Å². The molecule has 102 valence electrons. The minimum atomic E-state index is 1.10. The van der Waals surface area contributed by atoms with Crippen molar-refractivity contribution in [3.63, 3.8) is 0 Å². The Morgan fingerprint density at radius 1 is 1.11 bits per heavy atom. The second-order valence-electron chi connectivity index (χ2n) is 4.57. The van der Waals surface area contributed by atoms with Crippen molar-refractivity contribution in [1.29, 1.82) is 0 Å². The van der Waals surface area contributed by atoms with Crippen LogP contribution in [0.3, 0.4) is 0 Å². The maximum atomic E-state index is 4.56. The first kappa shape index (κ1) is 15.0. The molecular formula is C15H27N3. The second kappa shape index (κ2) is 7.37. The van der Waals surface area contributed by atoms with Gasteiger partial charge in [-0.1, -0.05) is 26.8 Å². The summed E-state index contributed by atoms with van der Waals surface area (Å²) >= 11 is 0. The van der Waals surface area contributed by atoms with Gasteiger partial charge in [0.2, 0.25) is 0 Å². The lowest BCUT2D eigenvalue weighted by atomic mass is 10.2. The van der Waals surface area contributed by atoms with E-state index in [1.807, 2.05) is 20.0 Å². The molecule has 0 aromatic carbocycles. The van der Waals surface area contributed by atoms with Crippen molar-refractivity contribution in [3.05, 3.63) is 23.4 Å². The lowest BCUT2D eigenvalue weighted by Crippen LogP contribution is -2.46. The van der Waals surface area contributed by atoms with Crippen molar-refractivity contribution in [2.24, 2.45) is 0 Å². The van der Waals surface area contributed by atoms with Crippen LogP contribution in [0.2, 0.25) is 0 Å². The Morgan fingerprint density at radius 2 is 1.72 bits per heavy atom. The summed E-state index contributed by atoms with van der Waals surface area (Å²) in [7, 11) is 0. The first-order chi connectivity index (χ1) is 8.70. The molecule has 3 nitrogen and oxygen atoms in total. The van der Waals surface area contributed by atoms with Crippen LogP contribution in [0, 0.1) is 13.8 Å². The number of aromatic nitrogens is 1. The van der Waals surface area contributed by atoms with Crippen LogP contribution in [-0.2, 0) is 0 Å². The average molecular weight is 249 g/mol. The van der Waals surface area contributed by atoms with Crippen molar-refractivity contribution in [2.45, 2.75) is 34.6 Å². The lowest BCUT2D eigenvalue weighted by molar-refractivity contribution is 0.270. The summed E-state index contributed by atoms with van der Waals surface area (Å²) in [5, 5.41) is 0. The number of pyridine rings is 1. The Morgan fingerprint density at radius 3 is 2.22 bits per heavy atom. The van der Waals surface area contributed by atoms with Gasteiger partial charge in [-0.05, 0) is 31.5 Å². The number of rotatable bonds is 2. The Labute approximate surface area is 112 Å². The zero-order chi connectivity index (χ0) is 13.5. The molecule has 1 aliphatic rings. The Bertz CT molecular complexity index is 355. The molecule has 2 rings (SSSR count). The highest BCUT2D eigenvalue weighted by molar-refractivity contribution is 5.47. The SMILES string of the molecule is CC.CCN1CCN(c2ncc(C)cc2C)CC1. The molecule has 2 heterocycles. The quantitative estimate of drug-likeness (QED) is 0.803. The molecule has 0 atom stereocenters.